The highest BCUT2D eigenvalue weighted by Crippen LogP contribution is 2.40. The summed E-state index contributed by atoms with van der Waals surface area (Å²) in [6.45, 7) is 5.68. The fourth-order valence-corrected chi connectivity index (χ4v) is 2.55. The molecular formula is C15H21NO4. The fraction of sp³-hybridized carbons (Fsp3) is 0.600. The summed E-state index contributed by atoms with van der Waals surface area (Å²) in [6, 6.07) is 4.02. The van der Waals surface area contributed by atoms with Gasteiger partial charge >= 0.3 is 0 Å². The Morgan fingerprint density at radius 2 is 2.10 bits per heavy atom. The van der Waals surface area contributed by atoms with E-state index in [1.165, 1.54) is 0 Å². The molecule has 110 valence electrons. The zero-order valence-corrected chi connectivity index (χ0v) is 12.0. The van der Waals surface area contributed by atoms with E-state index in [-0.39, 0.29) is 5.54 Å². The van der Waals surface area contributed by atoms with E-state index in [1.54, 1.807) is 7.11 Å². The van der Waals surface area contributed by atoms with Crippen LogP contribution in [0.25, 0.3) is 0 Å². The highest BCUT2D eigenvalue weighted by atomic mass is 16.6. The number of hydrogen-bond acceptors (Lipinski definition) is 5. The lowest BCUT2D eigenvalue weighted by molar-refractivity contribution is 0.164. The minimum Gasteiger partial charge on any atom is -0.493 e. The first kappa shape index (κ1) is 13.5. The van der Waals surface area contributed by atoms with Gasteiger partial charge in [-0.1, -0.05) is 0 Å². The Bertz CT molecular complexity index is 466. The Morgan fingerprint density at radius 1 is 1.25 bits per heavy atom. The Hall–Kier alpha value is -1.46. The zero-order chi connectivity index (χ0) is 14.0. The molecule has 5 heteroatoms. The molecule has 1 aromatic carbocycles. The van der Waals surface area contributed by atoms with Gasteiger partial charge in [0, 0.05) is 18.7 Å². The smallest absolute Gasteiger partial charge is 0.203 e. The van der Waals surface area contributed by atoms with Gasteiger partial charge in [0.2, 0.25) is 5.75 Å². The lowest BCUT2D eigenvalue weighted by Crippen LogP contribution is -2.42. The van der Waals surface area contributed by atoms with Crippen LogP contribution in [0.15, 0.2) is 12.1 Å². The van der Waals surface area contributed by atoms with Gasteiger partial charge in [0.25, 0.3) is 0 Å². The van der Waals surface area contributed by atoms with E-state index in [0.717, 1.165) is 43.2 Å². The monoisotopic (exact) mass is 279 g/mol. The second kappa shape index (κ2) is 5.50. The van der Waals surface area contributed by atoms with Crippen LogP contribution in [0.5, 0.6) is 17.2 Å². The van der Waals surface area contributed by atoms with Crippen molar-refractivity contribution in [3.05, 3.63) is 17.7 Å². The van der Waals surface area contributed by atoms with E-state index < -0.39 is 0 Å². The molecule has 0 bridgehead atoms. The number of fused-ring (bicyclic) bond motifs is 1. The molecule has 0 aromatic heterocycles. The number of benzene rings is 1. The summed E-state index contributed by atoms with van der Waals surface area (Å²) in [7, 11) is 1.65. The van der Waals surface area contributed by atoms with Crippen LogP contribution in [0.1, 0.15) is 18.9 Å². The van der Waals surface area contributed by atoms with Crippen molar-refractivity contribution in [2.75, 3.05) is 33.5 Å². The van der Waals surface area contributed by atoms with E-state index in [9.17, 15) is 0 Å². The van der Waals surface area contributed by atoms with Crippen molar-refractivity contribution < 1.29 is 18.9 Å². The molecule has 5 nitrogen and oxygen atoms in total. The van der Waals surface area contributed by atoms with Gasteiger partial charge in [0.15, 0.2) is 11.5 Å². The molecule has 1 atom stereocenters. The van der Waals surface area contributed by atoms with Crippen molar-refractivity contribution in [3.8, 4) is 17.2 Å². The van der Waals surface area contributed by atoms with Crippen LogP contribution in [0.3, 0.4) is 0 Å². The van der Waals surface area contributed by atoms with Gasteiger partial charge in [-0.05, 0) is 31.0 Å². The van der Waals surface area contributed by atoms with Crippen LogP contribution in [-0.2, 0) is 11.3 Å². The summed E-state index contributed by atoms with van der Waals surface area (Å²) < 4.78 is 22.1. The summed E-state index contributed by atoms with van der Waals surface area (Å²) in [4.78, 5) is 0. The Kier molecular flexibility index (Phi) is 3.72. The van der Waals surface area contributed by atoms with Crippen molar-refractivity contribution in [2.24, 2.45) is 0 Å². The van der Waals surface area contributed by atoms with Crippen LogP contribution in [-0.4, -0.2) is 39.1 Å². The predicted molar refractivity (Wildman–Crippen MR) is 74.7 cm³/mol. The van der Waals surface area contributed by atoms with E-state index in [4.69, 9.17) is 18.9 Å². The number of methoxy groups -OCH3 is 1. The molecule has 0 amide bonds. The third-order valence-electron chi connectivity index (χ3n) is 3.83. The summed E-state index contributed by atoms with van der Waals surface area (Å²) in [5.74, 6) is 2.20. The molecule has 1 saturated heterocycles. The predicted octanol–water partition coefficient (Wildman–Crippen LogP) is 1.73. The summed E-state index contributed by atoms with van der Waals surface area (Å²) in [5.41, 5.74) is 1.18. The topological polar surface area (TPSA) is 49.0 Å². The Balaban J connectivity index is 1.76. The highest BCUT2D eigenvalue weighted by Gasteiger charge is 2.29. The Labute approximate surface area is 119 Å². The van der Waals surface area contributed by atoms with Crippen LogP contribution in [0.2, 0.25) is 0 Å². The summed E-state index contributed by atoms with van der Waals surface area (Å²) in [5, 5.41) is 3.56. The molecule has 3 rings (SSSR count). The number of nitrogens with one attached hydrogen (secondary N) is 1. The van der Waals surface area contributed by atoms with Crippen molar-refractivity contribution in [1.29, 1.82) is 0 Å². The standard InChI is InChI=1S/C15H21NO4/c1-15(3-4-18-10-15)16-9-11-7-12(17-2)14-13(8-11)19-5-6-20-14/h7-8,16H,3-6,9-10H2,1-2H3. The molecule has 2 aliphatic rings. The first-order valence-electron chi connectivity index (χ1n) is 6.99. The van der Waals surface area contributed by atoms with Gasteiger partial charge in [-0.15, -0.1) is 0 Å². The second-order valence-corrected chi connectivity index (χ2v) is 5.54. The van der Waals surface area contributed by atoms with Crippen molar-refractivity contribution in [1.82, 2.24) is 5.32 Å². The third-order valence-corrected chi connectivity index (χ3v) is 3.83. The average molecular weight is 279 g/mol. The summed E-state index contributed by atoms with van der Waals surface area (Å²) in [6.07, 6.45) is 1.04. The molecule has 0 spiro atoms. The molecule has 0 saturated carbocycles. The van der Waals surface area contributed by atoms with Gasteiger partial charge in [-0.25, -0.2) is 0 Å². The first-order chi connectivity index (χ1) is 9.70. The first-order valence-corrected chi connectivity index (χ1v) is 6.99. The molecule has 20 heavy (non-hydrogen) atoms. The lowest BCUT2D eigenvalue weighted by Gasteiger charge is -2.25. The number of ether oxygens (including phenoxy) is 4. The van der Waals surface area contributed by atoms with Gasteiger partial charge in [0.05, 0.1) is 13.7 Å². The third kappa shape index (κ3) is 2.69. The molecule has 1 aromatic rings. The van der Waals surface area contributed by atoms with E-state index in [0.29, 0.717) is 19.0 Å². The maximum atomic E-state index is 5.65. The minimum absolute atomic E-state index is 0.0560. The van der Waals surface area contributed by atoms with Gasteiger partial charge < -0.3 is 24.3 Å². The number of hydrogen-bond donors (Lipinski definition) is 1. The van der Waals surface area contributed by atoms with E-state index >= 15 is 0 Å². The maximum absolute atomic E-state index is 5.65. The molecule has 2 aliphatic heterocycles. The quantitative estimate of drug-likeness (QED) is 0.909. The lowest BCUT2D eigenvalue weighted by atomic mass is 10.0. The second-order valence-electron chi connectivity index (χ2n) is 5.54. The van der Waals surface area contributed by atoms with E-state index in [2.05, 4.69) is 12.2 Å². The molecule has 0 aliphatic carbocycles. The van der Waals surface area contributed by atoms with Gasteiger partial charge in [0.1, 0.15) is 13.2 Å². The summed E-state index contributed by atoms with van der Waals surface area (Å²) >= 11 is 0. The molecular weight excluding hydrogens is 258 g/mol. The Morgan fingerprint density at radius 3 is 2.85 bits per heavy atom. The maximum Gasteiger partial charge on any atom is 0.203 e. The molecule has 1 unspecified atom stereocenters. The van der Waals surface area contributed by atoms with Crippen LogP contribution in [0.4, 0.5) is 0 Å². The normalized spacial score (nSPS) is 24.7. The largest absolute Gasteiger partial charge is 0.493 e. The van der Waals surface area contributed by atoms with Gasteiger partial charge in [-0.2, -0.15) is 0 Å². The van der Waals surface area contributed by atoms with Crippen molar-refractivity contribution in [2.45, 2.75) is 25.4 Å². The fourth-order valence-electron chi connectivity index (χ4n) is 2.55. The minimum atomic E-state index is 0.0560. The molecule has 1 fully saturated rings. The van der Waals surface area contributed by atoms with Crippen LogP contribution >= 0.6 is 0 Å². The molecule has 0 radical (unpaired) electrons. The van der Waals surface area contributed by atoms with Crippen LogP contribution in [0, 0.1) is 0 Å². The SMILES string of the molecule is COc1cc(CNC2(C)CCOC2)cc2c1OCCO2. The van der Waals surface area contributed by atoms with Crippen molar-refractivity contribution >= 4 is 0 Å². The molecule has 2 heterocycles. The highest BCUT2D eigenvalue weighted by molar-refractivity contribution is 5.54. The van der Waals surface area contributed by atoms with Gasteiger partial charge in [-0.3, -0.25) is 0 Å². The molecule has 1 N–H and O–H groups in total. The van der Waals surface area contributed by atoms with E-state index in [1.807, 2.05) is 12.1 Å². The number of rotatable bonds is 4. The average Bonchev–Trinajstić information content (AvgIpc) is 2.91. The van der Waals surface area contributed by atoms with Crippen LogP contribution < -0.4 is 19.5 Å². The zero-order valence-electron chi connectivity index (χ0n) is 12.0. The van der Waals surface area contributed by atoms with Crippen molar-refractivity contribution in [3.63, 3.8) is 0 Å².